The number of benzene rings is 2. The summed E-state index contributed by atoms with van der Waals surface area (Å²) in [5.74, 6) is 0.815. The van der Waals surface area contributed by atoms with E-state index in [0.29, 0.717) is 6.61 Å². The second-order valence-electron chi connectivity index (χ2n) is 5.07. The third kappa shape index (κ3) is 4.04. The Bertz CT molecular complexity index is 836. The molecule has 0 amide bonds. The molecule has 124 valence electrons. The molecule has 0 saturated heterocycles. The van der Waals surface area contributed by atoms with E-state index >= 15 is 0 Å². The van der Waals surface area contributed by atoms with Crippen molar-refractivity contribution in [2.75, 3.05) is 13.2 Å². The third-order valence-electron chi connectivity index (χ3n) is 3.38. The van der Waals surface area contributed by atoms with Crippen LogP contribution in [0.4, 0.5) is 0 Å². The fraction of sp³-hybridized carbons (Fsp3) is 0.235. The number of ether oxygens (including phenoxy) is 1. The van der Waals surface area contributed by atoms with Crippen LogP contribution in [-0.4, -0.2) is 23.1 Å². The lowest BCUT2D eigenvalue weighted by molar-refractivity contribution is -0.479. The van der Waals surface area contributed by atoms with E-state index in [4.69, 9.17) is 4.74 Å². The van der Waals surface area contributed by atoms with Crippen LogP contribution in [0.1, 0.15) is 17.7 Å². The van der Waals surface area contributed by atoms with Gasteiger partial charge >= 0.3 is 0 Å². The minimum absolute atomic E-state index is 0.130. The molecule has 0 N–H and O–H groups in total. The molecule has 0 saturated carbocycles. The third-order valence-corrected chi connectivity index (χ3v) is 5.73. The van der Waals surface area contributed by atoms with Gasteiger partial charge in [0.25, 0.3) is 0 Å². The maximum Gasteiger partial charge on any atom is 0.220 e. The van der Waals surface area contributed by atoms with Crippen LogP contribution in [0.25, 0.3) is 10.2 Å². The smallest absolute Gasteiger partial charge is 0.220 e. The lowest BCUT2D eigenvalue weighted by Crippen LogP contribution is -2.09. The molecule has 1 heterocycles. The predicted octanol–water partition coefficient (Wildman–Crippen LogP) is 4.81. The van der Waals surface area contributed by atoms with Crippen LogP contribution in [0.5, 0.6) is 5.75 Å². The number of rotatable bonds is 7. The number of fused-ring (bicyclic) bond motifs is 1. The summed E-state index contributed by atoms with van der Waals surface area (Å²) < 4.78 is 7.36. The van der Waals surface area contributed by atoms with Gasteiger partial charge in [0.15, 0.2) is 4.34 Å². The average molecular weight is 360 g/mol. The lowest BCUT2D eigenvalue weighted by atomic mass is 10.1. The van der Waals surface area contributed by atoms with Crippen LogP contribution in [-0.2, 0) is 0 Å². The molecule has 0 spiro atoms. The SMILES string of the molecule is CCOc1ccc2nc(SC(C[N+](=O)[O-])c3ccccc3)sc2c1. The van der Waals surface area contributed by atoms with Gasteiger partial charge < -0.3 is 4.74 Å². The zero-order valence-corrected chi connectivity index (χ0v) is 14.7. The van der Waals surface area contributed by atoms with Gasteiger partial charge in [0, 0.05) is 4.92 Å². The summed E-state index contributed by atoms with van der Waals surface area (Å²) in [6.45, 7) is 2.43. The minimum Gasteiger partial charge on any atom is -0.494 e. The Balaban J connectivity index is 1.86. The van der Waals surface area contributed by atoms with E-state index in [0.717, 1.165) is 25.9 Å². The van der Waals surface area contributed by atoms with Crippen molar-refractivity contribution in [3.8, 4) is 5.75 Å². The van der Waals surface area contributed by atoms with Crippen LogP contribution in [0, 0.1) is 10.1 Å². The molecule has 0 aliphatic rings. The van der Waals surface area contributed by atoms with Crippen molar-refractivity contribution in [2.24, 2.45) is 0 Å². The Morgan fingerprint density at radius 3 is 2.79 bits per heavy atom. The highest BCUT2D eigenvalue weighted by Gasteiger charge is 2.21. The van der Waals surface area contributed by atoms with E-state index in [1.165, 1.54) is 23.1 Å². The van der Waals surface area contributed by atoms with Gasteiger partial charge in [0.1, 0.15) is 11.0 Å². The standard InChI is InChI=1S/C17H16N2O3S2/c1-2-22-13-8-9-14-15(10-13)23-17(18-14)24-16(11-19(20)21)12-6-4-3-5-7-12/h3-10,16H,2,11H2,1H3. The molecule has 0 aliphatic carbocycles. The minimum atomic E-state index is -0.273. The van der Waals surface area contributed by atoms with Crippen molar-refractivity contribution >= 4 is 33.3 Å². The van der Waals surface area contributed by atoms with Crippen LogP contribution < -0.4 is 4.74 Å². The normalized spacial score (nSPS) is 12.2. The first-order valence-electron chi connectivity index (χ1n) is 7.52. The summed E-state index contributed by atoms with van der Waals surface area (Å²) in [5.41, 5.74) is 1.83. The summed E-state index contributed by atoms with van der Waals surface area (Å²) in [5, 5.41) is 10.8. The van der Waals surface area contributed by atoms with Gasteiger partial charge in [-0.05, 0) is 30.7 Å². The second kappa shape index (κ2) is 7.63. The highest BCUT2D eigenvalue weighted by atomic mass is 32.2. The summed E-state index contributed by atoms with van der Waals surface area (Å²) >= 11 is 2.98. The fourth-order valence-electron chi connectivity index (χ4n) is 2.33. The number of hydrogen-bond donors (Lipinski definition) is 0. The molecule has 0 bridgehead atoms. The highest BCUT2D eigenvalue weighted by Crippen LogP contribution is 2.40. The number of hydrogen-bond acceptors (Lipinski definition) is 6. The van der Waals surface area contributed by atoms with E-state index in [-0.39, 0.29) is 16.7 Å². The van der Waals surface area contributed by atoms with Gasteiger partial charge in [0.2, 0.25) is 6.54 Å². The number of nitrogens with zero attached hydrogens (tertiary/aromatic N) is 2. The Morgan fingerprint density at radius 2 is 2.08 bits per heavy atom. The quantitative estimate of drug-likeness (QED) is 0.344. The van der Waals surface area contributed by atoms with Gasteiger partial charge in [-0.25, -0.2) is 4.98 Å². The molecule has 0 fully saturated rings. The van der Waals surface area contributed by atoms with Crippen molar-refractivity contribution in [3.05, 3.63) is 64.2 Å². The predicted molar refractivity (Wildman–Crippen MR) is 97.7 cm³/mol. The largest absolute Gasteiger partial charge is 0.494 e. The molecule has 7 heteroatoms. The van der Waals surface area contributed by atoms with E-state index in [1.54, 1.807) is 0 Å². The second-order valence-corrected chi connectivity index (χ2v) is 7.56. The molecule has 1 unspecified atom stereocenters. The highest BCUT2D eigenvalue weighted by molar-refractivity contribution is 8.01. The van der Waals surface area contributed by atoms with Crippen LogP contribution in [0.3, 0.4) is 0 Å². The number of thiazole rings is 1. The molecule has 2 aromatic carbocycles. The first-order chi connectivity index (χ1) is 11.7. The zero-order valence-electron chi connectivity index (χ0n) is 13.0. The fourth-order valence-corrected chi connectivity index (χ4v) is 4.75. The van der Waals surface area contributed by atoms with Gasteiger partial charge in [0.05, 0.1) is 16.8 Å². The molecule has 1 atom stereocenters. The lowest BCUT2D eigenvalue weighted by Gasteiger charge is -2.10. The number of thioether (sulfide) groups is 1. The molecule has 3 aromatic rings. The maximum absolute atomic E-state index is 11.0. The van der Waals surface area contributed by atoms with Crippen molar-refractivity contribution in [3.63, 3.8) is 0 Å². The Morgan fingerprint density at radius 1 is 1.29 bits per heavy atom. The van der Waals surface area contributed by atoms with E-state index in [1.807, 2.05) is 55.5 Å². The maximum atomic E-state index is 11.0. The van der Waals surface area contributed by atoms with Crippen LogP contribution >= 0.6 is 23.1 Å². The van der Waals surface area contributed by atoms with E-state index < -0.39 is 0 Å². The zero-order chi connectivity index (χ0) is 16.9. The monoisotopic (exact) mass is 360 g/mol. The van der Waals surface area contributed by atoms with E-state index in [9.17, 15) is 10.1 Å². The molecule has 1 aromatic heterocycles. The van der Waals surface area contributed by atoms with Gasteiger partial charge in [-0.2, -0.15) is 0 Å². The van der Waals surface area contributed by atoms with E-state index in [2.05, 4.69) is 4.98 Å². The first-order valence-corrected chi connectivity index (χ1v) is 9.22. The molecule has 0 aliphatic heterocycles. The molecular weight excluding hydrogens is 344 g/mol. The number of aromatic nitrogens is 1. The molecular formula is C17H16N2O3S2. The summed E-state index contributed by atoms with van der Waals surface area (Å²) in [7, 11) is 0. The molecule has 24 heavy (non-hydrogen) atoms. The van der Waals surface area contributed by atoms with Gasteiger partial charge in [-0.15, -0.1) is 11.3 Å². The molecule has 0 radical (unpaired) electrons. The molecule has 5 nitrogen and oxygen atoms in total. The summed E-state index contributed by atoms with van der Waals surface area (Å²) in [6.07, 6.45) is 0. The van der Waals surface area contributed by atoms with Crippen molar-refractivity contribution in [1.29, 1.82) is 0 Å². The van der Waals surface area contributed by atoms with Crippen molar-refractivity contribution in [2.45, 2.75) is 16.5 Å². The summed E-state index contributed by atoms with van der Waals surface area (Å²) in [6, 6.07) is 15.3. The average Bonchev–Trinajstić information content (AvgIpc) is 2.96. The molecule has 3 rings (SSSR count). The van der Waals surface area contributed by atoms with Crippen LogP contribution in [0.15, 0.2) is 52.9 Å². The topological polar surface area (TPSA) is 65.3 Å². The van der Waals surface area contributed by atoms with Crippen LogP contribution in [0.2, 0.25) is 0 Å². The Hall–Kier alpha value is -2.12. The first kappa shape index (κ1) is 16.7. The Kier molecular flexibility index (Phi) is 5.32. The Labute approximate surface area is 147 Å². The van der Waals surface area contributed by atoms with Crippen molar-refractivity contribution < 1.29 is 9.66 Å². The van der Waals surface area contributed by atoms with Gasteiger partial charge in [-0.3, -0.25) is 10.1 Å². The van der Waals surface area contributed by atoms with Crippen molar-refractivity contribution in [1.82, 2.24) is 4.98 Å². The summed E-state index contributed by atoms with van der Waals surface area (Å²) in [4.78, 5) is 15.3. The number of nitro groups is 1. The van der Waals surface area contributed by atoms with Gasteiger partial charge in [-0.1, -0.05) is 42.1 Å².